The lowest BCUT2D eigenvalue weighted by atomic mass is 10.2. The summed E-state index contributed by atoms with van der Waals surface area (Å²) in [6.45, 7) is 3.94. The summed E-state index contributed by atoms with van der Waals surface area (Å²) < 4.78 is 30.8. The van der Waals surface area contributed by atoms with E-state index < -0.39 is 15.9 Å². The summed E-state index contributed by atoms with van der Waals surface area (Å²) in [7, 11) is -3.58. The van der Waals surface area contributed by atoms with E-state index in [1.54, 1.807) is 31.2 Å². The molecule has 0 heterocycles. The minimum atomic E-state index is -3.58. The lowest BCUT2D eigenvalue weighted by Gasteiger charge is -2.19. The van der Waals surface area contributed by atoms with E-state index in [1.807, 2.05) is 6.92 Å². The second-order valence-electron chi connectivity index (χ2n) is 4.23. The number of likely N-dealkylation sites (N-methyl/N-ethyl adjacent to an activating group) is 1. The monoisotopic (exact) mass is 300 g/mol. The number of rotatable bonds is 8. The van der Waals surface area contributed by atoms with Gasteiger partial charge in [-0.2, -0.15) is 4.31 Å². The molecule has 7 heteroatoms. The van der Waals surface area contributed by atoms with Gasteiger partial charge in [0, 0.05) is 6.54 Å². The average molecular weight is 300 g/mol. The van der Waals surface area contributed by atoms with Gasteiger partial charge < -0.3 is 10.5 Å². The highest BCUT2D eigenvalue weighted by molar-refractivity contribution is 7.88. The molecular formula is C13H20N2O4S. The summed E-state index contributed by atoms with van der Waals surface area (Å²) in [5.41, 5.74) is 5.67. The number of carbonyl (C=O) groups excluding carboxylic acids is 1. The summed E-state index contributed by atoms with van der Waals surface area (Å²) in [6, 6.07) is 6.89. The van der Waals surface area contributed by atoms with Crippen molar-refractivity contribution in [3.8, 4) is 5.75 Å². The number of ether oxygens (including phenoxy) is 1. The first-order valence-electron chi connectivity index (χ1n) is 6.37. The fourth-order valence-electron chi connectivity index (χ4n) is 1.77. The predicted molar refractivity (Wildman–Crippen MR) is 76.7 cm³/mol. The van der Waals surface area contributed by atoms with E-state index in [4.69, 9.17) is 10.5 Å². The van der Waals surface area contributed by atoms with E-state index in [0.29, 0.717) is 17.9 Å². The number of hydrogen-bond acceptors (Lipinski definition) is 4. The van der Waals surface area contributed by atoms with E-state index in [0.717, 1.165) is 4.31 Å². The minimum absolute atomic E-state index is 0.185. The minimum Gasteiger partial charge on any atom is -0.494 e. The van der Waals surface area contributed by atoms with Crippen LogP contribution in [0, 0.1) is 0 Å². The Morgan fingerprint density at radius 1 is 1.35 bits per heavy atom. The smallest absolute Gasteiger partial charge is 0.232 e. The zero-order valence-electron chi connectivity index (χ0n) is 11.7. The lowest BCUT2D eigenvalue weighted by Crippen LogP contribution is -2.38. The molecule has 0 bridgehead atoms. The van der Waals surface area contributed by atoms with E-state index in [-0.39, 0.29) is 18.8 Å². The molecule has 1 aromatic rings. The molecular weight excluding hydrogens is 280 g/mol. The first-order chi connectivity index (χ1) is 9.39. The highest BCUT2D eigenvalue weighted by atomic mass is 32.2. The molecule has 6 nitrogen and oxygen atoms in total. The maximum Gasteiger partial charge on any atom is 0.232 e. The van der Waals surface area contributed by atoms with E-state index >= 15 is 0 Å². The molecule has 0 aliphatic carbocycles. The van der Waals surface area contributed by atoms with Gasteiger partial charge in [-0.1, -0.05) is 19.1 Å². The molecule has 0 aliphatic heterocycles. The van der Waals surface area contributed by atoms with Gasteiger partial charge in [-0.25, -0.2) is 8.42 Å². The topological polar surface area (TPSA) is 89.7 Å². The Morgan fingerprint density at radius 2 is 2.05 bits per heavy atom. The molecule has 20 heavy (non-hydrogen) atoms. The molecule has 0 aliphatic rings. The van der Waals surface area contributed by atoms with Crippen LogP contribution in [0.5, 0.6) is 5.75 Å². The number of nitrogens with zero attached hydrogens (tertiary/aromatic N) is 1. The van der Waals surface area contributed by atoms with Crippen molar-refractivity contribution in [3.63, 3.8) is 0 Å². The molecule has 1 aromatic carbocycles. The largest absolute Gasteiger partial charge is 0.494 e. The Kier molecular flexibility index (Phi) is 5.97. The summed E-state index contributed by atoms with van der Waals surface area (Å²) in [5.74, 6) is -0.230. The van der Waals surface area contributed by atoms with Crippen molar-refractivity contribution < 1.29 is 17.9 Å². The van der Waals surface area contributed by atoms with Crippen molar-refractivity contribution in [2.24, 2.45) is 5.73 Å². The quantitative estimate of drug-likeness (QED) is 0.766. The van der Waals surface area contributed by atoms with E-state index in [1.165, 1.54) is 0 Å². The van der Waals surface area contributed by atoms with Crippen LogP contribution in [0.1, 0.15) is 19.4 Å². The highest BCUT2D eigenvalue weighted by Crippen LogP contribution is 2.17. The lowest BCUT2D eigenvalue weighted by molar-refractivity contribution is -0.118. The van der Waals surface area contributed by atoms with Gasteiger partial charge in [0.05, 0.1) is 18.9 Å². The van der Waals surface area contributed by atoms with Gasteiger partial charge >= 0.3 is 0 Å². The zero-order chi connectivity index (χ0) is 15.2. The van der Waals surface area contributed by atoms with Crippen molar-refractivity contribution in [1.29, 1.82) is 0 Å². The van der Waals surface area contributed by atoms with Crippen LogP contribution in [0.15, 0.2) is 24.3 Å². The van der Waals surface area contributed by atoms with Crippen molar-refractivity contribution in [1.82, 2.24) is 4.31 Å². The number of primary amides is 1. The van der Waals surface area contributed by atoms with Gasteiger partial charge in [-0.15, -0.1) is 0 Å². The number of amides is 1. The standard InChI is InChI=1S/C13H20N2O4S/c1-3-15(9-13(14)16)20(17,18)10-11-6-5-7-12(8-11)19-4-2/h5-8H,3-4,9-10H2,1-2H3,(H2,14,16). The first kappa shape index (κ1) is 16.5. The Balaban J connectivity index is 2.89. The molecule has 112 valence electrons. The summed E-state index contributed by atoms with van der Waals surface area (Å²) in [4.78, 5) is 10.9. The van der Waals surface area contributed by atoms with Crippen LogP contribution in [0.4, 0.5) is 0 Å². The van der Waals surface area contributed by atoms with Crippen molar-refractivity contribution in [2.75, 3.05) is 19.7 Å². The van der Waals surface area contributed by atoms with E-state index in [2.05, 4.69) is 0 Å². The summed E-state index contributed by atoms with van der Waals surface area (Å²) in [5, 5.41) is 0. The maximum atomic E-state index is 12.2. The Hall–Kier alpha value is -1.60. The van der Waals surface area contributed by atoms with Crippen molar-refractivity contribution in [2.45, 2.75) is 19.6 Å². The third-order valence-electron chi connectivity index (χ3n) is 2.64. The Morgan fingerprint density at radius 3 is 2.60 bits per heavy atom. The normalized spacial score (nSPS) is 11.6. The van der Waals surface area contributed by atoms with Gasteiger partial charge in [0.1, 0.15) is 5.75 Å². The van der Waals surface area contributed by atoms with Crippen LogP contribution in [0.2, 0.25) is 0 Å². The average Bonchev–Trinajstić information content (AvgIpc) is 2.35. The number of sulfonamides is 1. The molecule has 1 amide bonds. The molecule has 0 spiro atoms. The third-order valence-corrected chi connectivity index (χ3v) is 4.51. The molecule has 0 unspecified atom stereocenters. The van der Waals surface area contributed by atoms with Crippen LogP contribution in [0.3, 0.4) is 0 Å². The van der Waals surface area contributed by atoms with E-state index in [9.17, 15) is 13.2 Å². The van der Waals surface area contributed by atoms with Crippen molar-refractivity contribution >= 4 is 15.9 Å². The first-order valence-corrected chi connectivity index (χ1v) is 7.97. The third kappa shape index (κ3) is 4.82. The SMILES string of the molecule is CCOc1cccc(CS(=O)(=O)N(CC)CC(N)=O)c1. The van der Waals surface area contributed by atoms with Crippen molar-refractivity contribution in [3.05, 3.63) is 29.8 Å². The fourth-order valence-corrected chi connectivity index (χ4v) is 3.27. The highest BCUT2D eigenvalue weighted by Gasteiger charge is 2.22. The molecule has 0 aromatic heterocycles. The van der Waals surface area contributed by atoms with Gasteiger partial charge in [-0.05, 0) is 24.6 Å². The van der Waals surface area contributed by atoms with Gasteiger partial charge in [-0.3, -0.25) is 4.79 Å². The van der Waals surface area contributed by atoms with Gasteiger partial charge in [0.15, 0.2) is 0 Å². The van der Waals surface area contributed by atoms with Crippen LogP contribution in [0.25, 0.3) is 0 Å². The number of benzene rings is 1. The summed E-state index contributed by atoms with van der Waals surface area (Å²) in [6.07, 6.45) is 0. The molecule has 0 radical (unpaired) electrons. The Labute approximate surface area is 119 Å². The second-order valence-corrected chi connectivity index (χ2v) is 6.20. The maximum absolute atomic E-state index is 12.2. The van der Waals surface area contributed by atoms with Crippen LogP contribution >= 0.6 is 0 Å². The molecule has 1 rings (SSSR count). The number of hydrogen-bond donors (Lipinski definition) is 1. The zero-order valence-corrected chi connectivity index (χ0v) is 12.5. The van der Waals surface area contributed by atoms with Gasteiger partial charge in [0.2, 0.25) is 15.9 Å². The van der Waals surface area contributed by atoms with Crippen LogP contribution in [-0.2, 0) is 20.6 Å². The molecule has 0 fully saturated rings. The fraction of sp³-hybridized carbons (Fsp3) is 0.462. The van der Waals surface area contributed by atoms with Crippen LogP contribution in [-0.4, -0.2) is 38.3 Å². The van der Waals surface area contributed by atoms with Crippen LogP contribution < -0.4 is 10.5 Å². The molecule has 0 saturated heterocycles. The summed E-state index contributed by atoms with van der Waals surface area (Å²) >= 11 is 0. The van der Waals surface area contributed by atoms with Gasteiger partial charge in [0.25, 0.3) is 0 Å². The number of carbonyl (C=O) groups is 1. The molecule has 2 N–H and O–H groups in total. The molecule has 0 saturated carbocycles. The molecule has 0 atom stereocenters. The predicted octanol–water partition coefficient (Wildman–Crippen LogP) is 0.722. The number of nitrogens with two attached hydrogens (primary N) is 1. The second kappa shape index (κ2) is 7.25. The Bertz CT molecular complexity index is 557.